The maximum Gasteiger partial charge on any atom is 0.223 e. The van der Waals surface area contributed by atoms with Gasteiger partial charge in [-0.3, -0.25) is 4.79 Å². The van der Waals surface area contributed by atoms with Gasteiger partial charge in [-0.1, -0.05) is 13.8 Å². The molecule has 0 atom stereocenters. The molecule has 0 aliphatic carbocycles. The van der Waals surface area contributed by atoms with Crippen LogP contribution < -0.4 is 15.8 Å². The summed E-state index contributed by atoms with van der Waals surface area (Å²) >= 11 is 0. The van der Waals surface area contributed by atoms with Crippen LogP contribution in [0.1, 0.15) is 33.1 Å². The van der Waals surface area contributed by atoms with Crippen molar-refractivity contribution in [2.24, 2.45) is 5.73 Å². The third-order valence-electron chi connectivity index (χ3n) is 3.56. The van der Waals surface area contributed by atoms with Crippen LogP contribution in [0, 0.1) is 5.82 Å². The smallest absolute Gasteiger partial charge is 0.223 e. The summed E-state index contributed by atoms with van der Waals surface area (Å²) in [5.41, 5.74) is 5.40. The fourth-order valence-electron chi connectivity index (χ4n) is 1.92. The lowest BCUT2D eigenvalue weighted by molar-refractivity contribution is -0.123. The van der Waals surface area contributed by atoms with E-state index in [2.05, 4.69) is 5.32 Å². The van der Waals surface area contributed by atoms with Crippen molar-refractivity contribution >= 4 is 5.91 Å². The fourth-order valence-corrected chi connectivity index (χ4v) is 1.92. The van der Waals surface area contributed by atoms with E-state index >= 15 is 0 Å². The van der Waals surface area contributed by atoms with Gasteiger partial charge in [-0.15, -0.1) is 0 Å². The van der Waals surface area contributed by atoms with Crippen LogP contribution in [0.5, 0.6) is 5.75 Å². The van der Waals surface area contributed by atoms with Crippen LogP contribution in [0.3, 0.4) is 0 Å². The summed E-state index contributed by atoms with van der Waals surface area (Å²) in [5.74, 6) is 0.158. The van der Waals surface area contributed by atoms with Gasteiger partial charge in [0.25, 0.3) is 0 Å². The Hall–Kier alpha value is -1.62. The van der Waals surface area contributed by atoms with Gasteiger partial charge in [0, 0.05) is 6.54 Å². The molecule has 3 N–H and O–H groups in total. The van der Waals surface area contributed by atoms with Gasteiger partial charge in [-0.25, -0.2) is 4.39 Å². The van der Waals surface area contributed by atoms with Gasteiger partial charge < -0.3 is 15.8 Å². The fraction of sp³-hybridized carbons (Fsp3) is 0.533. The monoisotopic (exact) mass is 282 g/mol. The summed E-state index contributed by atoms with van der Waals surface area (Å²) in [6, 6.07) is 5.72. The Morgan fingerprint density at radius 2 is 1.90 bits per heavy atom. The average molecular weight is 282 g/mol. The quantitative estimate of drug-likeness (QED) is 0.768. The summed E-state index contributed by atoms with van der Waals surface area (Å²) in [4.78, 5) is 11.9. The van der Waals surface area contributed by atoms with E-state index in [0.29, 0.717) is 12.3 Å². The first-order valence-corrected chi connectivity index (χ1v) is 6.94. The van der Waals surface area contributed by atoms with Crippen molar-refractivity contribution in [3.63, 3.8) is 0 Å². The van der Waals surface area contributed by atoms with Crippen molar-refractivity contribution in [2.75, 3.05) is 13.2 Å². The van der Waals surface area contributed by atoms with E-state index in [1.165, 1.54) is 24.3 Å². The van der Waals surface area contributed by atoms with Gasteiger partial charge in [-0.2, -0.15) is 0 Å². The second-order valence-electron chi connectivity index (χ2n) is 4.79. The zero-order chi connectivity index (χ0) is 15.0. The summed E-state index contributed by atoms with van der Waals surface area (Å²) in [6.07, 6.45) is 1.84. The molecular formula is C15H23FN2O2. The minimum atomic E-state index is -0.326. The Morgan fingerprint density at radius 3 is 2.40 bits per heavy atom. The second kappa shape index (κ2) is 7.85. The van der Waals surface area contributed by atoms with Crippen molar-refractivity contribution in [3.05, 3.63) is 30.1 Å². The molecule has 0 saturated carbocycles. The van der Waals surface area contributed by atoms with Crippen LogP contribution in [-0.2, 0) is 4.79 Å². The number of halogens is 1. The molecule has 0 heterocycles. The maximum atomic E-state index is 12.7. The first-order chi connectivity index (χ1) is 9.55. The van der Waals surface area contributed by atoms with Crippen LogP contribution in [0.2, 0.25) is 0 Å². The van der Waals surface area contributed by atoms with Crippen molar-refractivity contribution < 1.29 is 13.9 Å². The zero-order valence-corrected chi connectivity index (χ0v) is 12.1. The number of nitrogens with one attached hydrogen (secondary N) is 1. The van der Waals surface area contributed by atoms with E-state index in [4.69, 9.17) is 10.5 Å². The minimum Gasteiger partial charge on any atom is -0.493 e. The molecule has 0 fully saturated rings. The topological polar surface area (TPSA) is 64.3 Å². The van der Waals surface area contributed by atoms with Gasteiger partial charge in [-0.05, 0) is 37.1 Å². The van der Waals surface area contributed by atoms with Gasteiger partial charge in [0.05, 0.1) is 18.6 Å². The highest BCUT2D eigenvalue weighted by molar-refractivity contribution is 5.77. The highest BCUT2D eigenvalue weighted by Gasteiger charge is 2.25. The number of rotatable bonds is 8. The van der Waals surface area contributed by atoms with Gasteiger partial charge >= 0.3 is 0 Å². The van der Waals surface area contributed by atoms with E-state index in [1.54, 1.807) is 0 Å². The molecule has 5 heteroatoms. The second-order valence-corrected chi connectivity index (χ2v) is 4.79. The predicted molar refractivity (Wildman–Crippen MR) is 77.0 cm³/mol. The average Bonchev–Trinajstić information content (AvgIpc) is 2.47. The first-order valence-electron chi connectivity index (χ1n) is 6.94. The van der Waals surface area contributed by atoms with Crippen molar-refractivity contribution in [3.8, 4) is 5.75 Å². The van der Waals surface area contributed by atoms with Gasteiger partial charge in [0.1, 0.15) is 11.6 Å². The molecule has 1 aromatic carbocycles. The molecule has 1 aromatic rings. The molecule has 0 aliphatic rings. The van der Waals surface area contributed by atoms with Gasteiger partial charge in [0.15, 0.2) is 0 Å². The molecule has 20 heavy (non-hydrogen) atoms. The number of ether oxygens (including phenoxy) is 1. The van der Waals surface area contributed by atoms with E-state index in [1.807, 2.05) is 13.8 Å². The molecule has 0 spiro atoms. The summed E-state index contributed by atoms with van der Waals surface area (Å²) < 4.78 is 18.1. The summed E-state index contributed by atoms with van der Waals surface area (Å²) in [6.45, 7) is 4.69. The minimum absolute atomic E-state index is 0.0822. The summed E-state index contributed by atoms with van der Waals surface area (Å²) in [5, 5.41) is 2.97. The lowest BCUT2D eigenvalue weighted by Crippen LogP contribution is -2.53. The lowest BCUT2D eigenvalue weighted by Gasteiger charge is -2.31. The number of benzene rings is 1. The molecule has 0 saturated heterocycles. The standard InChI is InChI=1S/C15H23FN2O2/c1-3-15(4-2,11-17)18-14(19)9-10-20-13-7-5-12(16)6-8-13/h5-8H,3-4,9-11,17H2,1-2H3,(H,18,19). The van der Waals surface area contributed by atoms with Gasteiger partial charge in [0.2, 0.25) is 5.91 Å². The van der Waals surface area contributed by atoms with Crippen LogP contribution in [0.25, 0.3) is 0 Å². The number of carbonyl (C=O) groups excluding carboxylic acids is 1. The van der Waals surface area contributed by atoms with E-state index in [9.17, 15) is 9.18 Å². The molecule has 0 radical (unpaired) electrons. The molecule has 4 nitrogen and oxygen atoms in total. The zero-order valence-electron chi connectivity index (χ0n) is 12.1. The normalized spacial score (nSPS) is 11.2. The molecule has 0 aliphatic heterocycles. The third kappa shape index (κ3) is 4.81. The first kappa shape index (κ1) is 16.4. The number of hydrogen-bond acceptors (Lipinski definition) is 3. The van der Waals surface area contributed by atoms with E-state index in [0.717, 1.165) is 12.8 Å². The number of carbonyl (C=O) groups is 1. The molecule has 0 unspecified atom stereocenters. The SMILES string of the molecule is CCC(CC)(CN)NC(=O)CCOc1ccc(F)cc1. The highest BCUT2D eigenvalue weighted by Crippen LogP contribution is 2.14. The Balaban J connectivity index is 2.38. The summed E-state index contributed by atoms with van der Waals surface area (Å²) in [7, 11) is 0. The Morgan fingerprint density at radius 1 is 1.30 bits per heavy atom. The predicted octanol–water partition coefficient (Wildman–Crippen LogP) is 2.23. The van der Waals surface area contributed by atoms with E-state index < -0.39 is 0 Å². The van der Waals surface area contributed by atoms with Crippen molar-refractivity contribution in [1.82, 2.24) is 5.32 Å². The third-order valence-corrected chi connectivity index (χ3v) is 3.56. The molecule has 1 amide bonds. The number of amides is 1. The van der Waals surface area contributed by atoms with E-state index in [-0.39, 0.29) is 30.3 Å². The lowest BCUT2D eigenvalue weighted by atomic mass is 9.93. The number of hydrogen-bond donors (Lipinski definition) is 2. The van der Waals surface area contributed by atoms with Crippen molar-refractivity contribution in [2.45, 2.75) is 38.6 Å². The molecule has 0 bridgehead atoms. The number of nitrogens with two attached hydrogens (primary N) is 1. The molecular weight excluding hydrogens is 259 g/mol. The Bertz CT molecular complexity index is 408. The Labute approximate surface area is 119 Å². The molecule has 112 valence electrons. The van der Waals surface area contributed by atoms with Crippen LogP contribution in [0.4, 0.5) is 4.39 Å². The maximum absolute atomic E-state index is 12.7. The van der Waals surface area contributed by atoms with Crippen LogP contribution in [-0.4, -0.2) is 24.6 Å². The van der Waals surface area contributed by atoms with Crippen LogP contribution >= 0.6 is 0 Å². The Kier molecular flexibility index (Phi) is 6.45. The van der Waals surface area contributed by atoms with Crippen LogP contribution in [0.15, 0.2) is 24.3 Å². The molecule has 0 aromatic heterocycles. The molecule has 1 rings (SSSR count). The highest BCUT2D eigenvalue weighted by atomic mass is 19.1. The largest absolute Gasteiger partial charge is 0.493 e. The van der Waals surface area contributed by atoms with Crippen molar-refractivity contribution in [1.29, 1.82) is 0 Å².